The molecule has 0 aliphatic carbocycles. The van der Waals surface area contributed by atoms with Gasteiger partial charge in [0.05, 0.1) is 5.56 Å². The predicted octanol–water partition coefficient (Wildman–Crippen LogP) is 3.56. The lowest BCUT2D eigenvalue weighted by molar-refractivity contribution is 0.0616. The summed E-state index contributed by atoms with van der Waals surface area (Å²) in [7, 11) is 1.93. The molecule has 2 heterocycles. The molecule has 3 rings (SSSR count). The lowest BCUT2D eigenvalue weighted by Gasteiger charge is -2.37. The number of hydrogen-bond donors (Lipinski definition) is 0. The summed E-state index contributed by atoms with van der Waals surface area (Å²) in [6.45, 7) is 5.14. The molecule has 1 saturated heterocycles. The molecule has 0 N–H and O–H groups in total. The minimum absolute atomic E-state index is 0.0774. The SMILES string of the molecule is Cc1ccc(C(=O)N(C)C2CCCN(CCCc3ccccc3)C2)cn1. The first-order valence-corrected chi connectivity index (χ1v) is 9.59. The lowest BCUT2D eigenvalue weighted by Crippen LogP contribution is -2.48. The third-order valence-electron chi connectivity index (χ3n) is 5.29. The number of carbonyl (C=O) groups excluding carboxylic acids is 1. The molecule has 2 aromatic rings. The number of carbonyl (C=O) groups is 1. The molecular formula is C22H29N3O. The van der Waals surface area contributed by atoms with E-state index < -0.39 is 0 Å². The van der Waals surface area contributed by atoms with Crippen molar-refractivity contribution in [2.24, 2.45) is 0 Å². The highest BCUT2D eigenvalue weighted by Gasteiger charge is 2.26. The third-order valence-corrected chi connectivity index (χ3v) is 5.29. The molecule has 138 valence electrons. The molecule has 1 aliphatic heterocycles. The molecule has 0 saturated carbocycles. The number of piperidine rings is 1. The first kappa shape index (κ1) is 18.6. The van der Waals surface area contributed by atoms with Gasteiger partial charge in [0.2, 0.25) is 0 Å². The second-order valence-electron chi connectivity index (χ2n) is 7.29. The smallest absolute Gasteiger partial charge is 0.255 e. The van der Waals surface area contributed by atoms with Crippen LogP contribution in [0.3, 0.4) is 0 Å². The Morgan fingerprint density at radius 1 is 1.23 bits per heavy atom. The summed E-state index contributed by atoms with van der Waals surface area (Å²) in [5.41, 5.74) is 3.02. The Balaban J connectivity index is 1.50. The molecule has 4 nitrogen and oxygen atoms in total. The monoisotopic (exact) mass is 351 g/mol. The van der Waals surface area contributed by atoms with Gasteiger partial charge >= 0.3 is 0 Å². The van der Waals surface area contributed by atoms with E-state index in [1.165, 1.54) is 5.56 Å². The van der Waals surface area contributed by atoms with Gasteiger partial charge in [-0.25, -0.2) is 0 Å². The summed E-state index contributed by atoms with van der Waals surface area (Å²) >= 11 is 0. The highest BCUT2D eigenvalue weighted by atomic mass is 16.2. The van der Waals surface area contributed by atoms with Gasteiger partial charge in [-0.1, -0.05) is 30.3 Å². The highest BCUT2D eigenvalue weighted by Crippen LogP contribution is 2.18. The van der Waals surface area contributed by atoms with Gasteiger partial charge in [0.25, 0.3) is 5.91 Å². The summed E-state index contributed by atoms with van der Waals surface area (Å²) < 4.78 is 0. The Morgan fingerprint density at radius 2 is 2.04 bits per heavy atom. The van der Waals surface area contributed by atoms with Crippen molar-refractivity contribution in [2.45, 2.75) is 38.6 Å². The second-order valence-corrected chi connectivity index (χ2v) is 7.29. The number of nitrogens with zero attached hydrogens (tertiary/aromatic N) is 3. The first-order chi connectivity index (χ1) is 12.6. The maximum absolute atomic E-state index is 12.7. The number of hydrogen-bond acceptors (Lipinski definition) is 3. The minimum atomic E-state index is 0.0774. The zero-order valence-electron chi connectivity index (χ0n) is 15.9. The van der Waals surface area contributed by atoms with Crippen LogP contribution in [0.5, 0.6) is 0 Å². The molecule has 1 aromatic heterocycles. The Bertz CT molecular complexity index is 699. The van der Waals surface area contributed by atoms with Gasteiger partial charge in [-0.3, -0.25) is 9.78 Å². The van der Waals surface area contributed by atoms with Crippen LogP contribution in [0, 0.1) is 6.92 Å². The molecule has 1 atom stereocenters. The standard InChI is InChI=1S/C22H29N3O/c1-18-12-13-20(16-23-18)22(26)24(2)21-11-7-15-25(17-21)14-6-10-19-8-4-3-5-9-19/h3-5,8-9,12-13,16,21H,6-7,10-11,14-15,17H2,1-2H3. The van der Waals surface area contributed by atoms with Gasteiger partial charge in [0.1, 0.15) is 0 Å². The van der Waals surface area contributed by atoms with E-state index in [2.05, 4.69) is 40.2 Å². The fourth-order valence-electron chi connectivity index (χ4n) is 3.67. The number of pyridine rings is 1. The van der Waals surface area contributed by atoms with Crippen LogP contribution in [0.2, 0.25) is 0 Å². The maximum Gasteiger partial charge on any atom is 0.255 e. The van der Waals surface area contributed by atoms with E-state index in [1.54, 1.807) is 6.20 Å². The van der Waals surface area contributed by atoms with Gasteiger partial charge in [0, 0.05) is 31.5 Å². The minimum Gasteiger partial charge on any atom is -0.337 e. The number of likely N-dealkylation sites (tertiary alicyclic amines) is 1. The third kappa shape index (κ3) is 4.92. The second kappa shape index (κ2) is 8.95. The van der Waals surface area contributed by atoms with E-state index in [4.69, 9.17) is 0 Å². The highest BCUT2D eigenvalue weighted by molar-refractivity contribution is 5.94. The zero-order chi connectivity index (χ0) is 18.4. The van der Waals surface area contributed by atoms with Crippen molar-refractivity contribution >= 4 is 5.91 Å². The summed E-state index contributed by atoms with van der Waals surface area (Å²) in [5.74, 6) is 0.0774. The molecule has 1 aliphatic rings. The van der Waals surface area contributed by atoms with Gasteiger partial charge in [-0.05, 0) is 63.4 Å². The molecular weight excluding hydrogens is 322 g/mol. The fraction of sp³-hybridized carbons (Fsp3) is 0.455. The van der Waals surface area contributed by atoms with Crippen molar-refractivity contribution in [1.82, 2.24) is 14.8 Å². The van der Waals surface area contributed by atoms with Crippen LogP contribution in [0.1, 0.15) is 40.9 Å². The Hall–Kier alpha value is -2.20. The number of likely N-dealkylation sites (N-methyl/N-ethyl adjacent to an activating group) is 1. The molecule has 26 heavy (non-hydrogen) atoms. The molecule has 1 unspecified atom stereocenters. The lowest BCUT2D eigenvalue weighted by atomic mass is 10.0. The van der Waals surface area contributed by atoms with Gasteiger partial charge in [-0.2, -0.15) is 0 Å². The van der Waals surface area contributed by atoms with Gasteiger partial charge < -0.3 is 9.80 Å². The van der Waals surface area contributed by atoms with Crippen molar-refractivity contribution in [3.05, 3.63) is 65.5 Å². The quantitative estimate of drug-likeness (QED) is 0.798. The van der Waals surface area contributed by atoms with Crippen molar-refractivity contribution in [2.75, 3.05) is 26.7 Å². The Kier molecular flexibility index (Phi) is 6.40. The summed E-state index contributed by atoms with van der Waals surface area (Å²) in [6, 6.07) is 14.7. The van der Waals surface area contributed by atoms with Crippen LogP contribution in [-0.2, 0) is 6.42 Å². The van der Waals surface area contributed by atoms with Crippen molar-refractivity contribution in [3.8, 4) is 0 Å². The van der Waals surface area contributed by atoms with Crippen molar-refractivity contribution in [3.63, 3.8) is 0 Å². The largest absolute Gasteiger partial charge is 0.337 e. The van der Waals surface area contributed by atoms with Gasteiger partial charge in [-0.15, -0.1) is 0 Å². The number of amides is 1. The Labute approximate surface area is 156 Å². The molecule has 1 fully saturated rings. The molecule has 0 spiro atoms. The predicted molar refractivity (Wildman–Crippen MR) is 105 cm³/mol. The number of aromatic nitrogens is 1. The van der Waals surface area contributed by atoms with Crippen LogP contribution in [-0.4, -0.2) is 53.4 Å². The number of rotatable bonds is 6. The topological polar surface area (TPSA) is 36.4 Å². The molecule has 1 aromatic carbocycles. The van der Waals surface area contributed by atoms with E-state index in [0.29, 0.717) is 5.56 Å². The van der Waals surface area contributed by atoms with Crippen LogP contribution in [0.15, 0.2) is 48.7 Å². The van der Waals surface area contributed by atoms with Crippen LogP contribution >= 0.6 is 0 Å². The van der Waals surface area contributed by atoms with E-state index in [0.717, 1.165) is 51.0 Å². The maximum atomic E-state index is 12.7. The van der Waals surface area contributed by atoms with Crippen molar-refractivity contribution < 1.29 is 4.79 Å². The molecule has 4 heteroatoms. The summed E-state index contributed by atoms with van der Waals surface area (Å²) in [5, 5.41) is 0. The van der Waals surface area contributed by atoms with Gasteiger partial charge in [0.15, 0.2) is 0 Å². The normalized spacial score (nSPS) is 17.8. The van der Waals surface area contributed by atoms with E-state index in [1.807, 2.05) is 31.0 Å². The molecule has 0 bridgehead atoms. The zero-order valence-corrected chi connectivity index (χ0v) is 15.9. The van der Waals surface area contributed by atoms with E-state index in [-0.39, 0.29) is 11.9 Å². The van der Waals surface area contributed by atoms with Crippen molar-refractivity contribution in [1.29, 1.82) is 0 Å². The fourth-order valence-corrected chi connectivity index (χ4v) is 3.67. The van der Waals surface area contributed by atoms with E-state index >= 15 is 0 Å². The number of benzene rings is 1. The first-order valence-electron chi connectivity index (χ1n) is 9.59. The summed E-state index contributed by atoms with van der Waals surface area (Å²) in [4.78, 5) is 21.4. The molecule has 1 amide bonds. The average molecular weight is 351 g/mol. The average Bonchev–Trinajstić information content (AvgIpc) is 2.68. The number of aryl methyl sites for hydroxylation is 2. The summed E-state index contributed by atoms with van der Waals surface area (Å²) in [6.07, 6.45) is 6.20. The molecule has 0 radical (unpaired) electrons. The van der Waals surface area contributed by atoms with Crippen LogP contribution in [0.4, 0.5) is 0 Å². The van der Waals surface area contributed by atoms with Crippen LogP contribution in [0.25, 0.3) is 0 Å². The van der Waals surface area contributed by atoms with E-state index in [9.17, 15) is 4.79 Å². The van der Waals surface area contributed by atoms with Crippen LogP contribution < -0.4 is 0 Å². The Morgan fingerprint density at radius 3 is 2.77 bits per heavy atom.